The molecule has 3 aromatic heterocycles. The molecule has 2 aliphatic carbocycles. The van der Waals surface area contributed by atoms with Gasteiger partial charge in [-0.1, -0.05) is 41.6 Å². The van der Waals surface area contributed by atoms with Crippen molar-refractivity contribution < 1.29 is 18.8 Å². The summed E-state index contributed by atoms with van der Waals surface area (Å²) in [5.41, 5.74) is 2.64. The summed E-state index contributed by atoms with van der Waals surface area (Å²) in [6.07, 6.45) is 7.42. The van der Waals surface area contributed by atoms with Gasteiger partial charge in [0.15, 0.2) is 5.76 Å². The number of rotatable bonds is 6. The number of aromatic nitrogens is 3. The number of fused-ring (bicyclic) bond motifs is 1. The maximum absolute atomic E-state index is 13.9. The van der Waals surface area contributed by atoms with Crippen molar-refractivity contribution in [3.63, 3.8) is 0 Å². The predicted octanol–water partition coefficient (Wildman–Crippen LogP) is 5.66. The zero-order valence-corrected chi connectivity index (χ0v) is 24.1. The van der Waals surface area contributed by atoms with Gasteiger partial charge in [0, 0.05) is 47.4 Å². The van der Waals surface area contributed by atoms with E-state index in [9.17, 15) is 14.3 Å². The summed E-state index contributed by atoms with van der Waals surface area (Å²) in [7, 11) is 0. The summed E-state index contributed by atoms with van der Waals surface area (Å²) in [4.78, 5) is 18.1. The fraction of sp³-hybridized carbons (Fsp3) is 0.312. The van der Waals surface area contributed by atoms with Gasteiger partial charge in [0.1, 0.15) is 28.8 Å². The lowest BCUT2D eigenvalue weighted by atomic mass is 9.36. The van der Waals surface area contributed by atoms with E-state index in [1.165, 1.54) is 6.07 Å². The average molecular weight is 595 g/mol. The van der Waals surface area contributed by atoms with Crippen molar-refractivity contribution in [2.45, 2.75) is 61.7 Å². The highest BCUT2D eigenvalue weighted by Crippen LogP contribution is 2.77. The van der Waals surface area contributed by atoms with Crippen molar-refractivity contribution in [2.24, 2.45) is 5.41 Å². The molecular weight excluding hydrogens is 567 g/mol. The summed E-state index contributed by atoms with van der Waals surface area (Å²) in [6, 6.07) is 16.3. The lowest BCUT2D eigenvalue weighted by Crippen LogP contribution is -2.88. The Kier molecular flexibility index (Phi) is 5.76. The zero-order chi connectivity index (χ0) is 29.5. The molecule has 1 aromatic carbocycles. The van der Waals surface area contributed by atoms with Crippen LogP contribution in [-0.4, -0.2) is 42.1 Å². The highest BCUT2D eigenvalue weighted by molar-refractivity contribution is 7.97. The van der Waals surface area contributed by atoms with E-state index in [0.29, 0.717) is 30.1 Å². The Bertz CT molecular complexity index is 1870. The SMILES string of the molecule is Cc1c(SN2C3CCC34C2CC4(O)c2cc(-c3ccccc3)on2)c2n(c1C(=O)Nc1cc(F)nc(C#N)c1)CCC=C2. The second kappa shape index (κ2) is 9.38. The van der Waals surface area contributed by atoms with E-state index in [4.69, 9.17) is 9.78 Å². The zero-order valence-electron chi connectivity index (χ0n) is 23.2. The van der Waals surface area contributed by atoms with Crippen LogP contribution in [0.3, 0.4) is 0 Å². The number of nitriles is 1. The number of pyridine rings is 1. The Morgan fingerprint density at radius 3 is 2.84 bits per heavy atom. The van der Waals surface area contributed by atoms with E-state index in [-0.39, 0.29) is 34.8 Å². The highest BCUT2D eigenvalue weighted by atomic mass is 32.2. The van der Waals surface area contributed by atoms with E-state index in [1.807, 2.05) is 54.0 Å². The Balaban J connectivity index is 1.06. The number of nitrogens with zero attached hydrogens (tertiary/aromatic N) is 5. The molecule has 4 unspecified atom stereocenters. The summed E-state index contributed by atoms with van der Waals surface area (Å²) in [5, 5.41) is 28.2. The number of piperidine rings is 2. The van der Waals surface area contributed by atoms with Crippen molar-refractivity contribution in [1.82, 2.24) is 19.0 Å². The minimum atomic E-state index is -1.03. The van der Waals surface area contributed by atoms with Gasteiger partial charge < -0.3 is 19.5 Å². The van der Waals surface area contributed by atoms with E-state index in [2.05, 4.69) is 31.9 Å². The maximum Gasteiger partial charge on any atom is 0.272 e. The molecule has 0 radical (unpaired) electrons. The third-order valence-corrected chi connectivity index (χ3v) is 11.2. The van der Waals surface area contributed by atoms with Gasteiger partial charge in [-0.2, -0.15) is 9.65 Å². The van der Waals surface area contributed by atoms with Gasteiger partial charge in [-0.15, -0.1) is 0 Å². The molecule has 2 saturated carbocycles. The van der Waals surface area contributed by atoms with Crippen molar-refractivity contribution in [2.75, 3.05) is 5.32 Å². The smallest absolute Gasteiger partial charge is 0.272 e. The van der Waals surface area contributed by atoms with Gasteiger partial charge in [-0.25, -0.2) is 9.29 Å². The van der Waals surface area contributed by atoms with Crippen molar-refractivity contribution in [3.8, 4) is 17.4 Å². The lowest BCUT2D eigenvalue weighted by Gasteiger charge is -2.81. The summed E-state index contributed by atoms with van der Waals surface area (Å²) in [5.74, 6) is -0.542. The summed E-state index contributed by atoms with van der Waals surface area (Å²) >= 11 is 1.66. The molecule has 1 amide bonds. The lowest BCUT2D eigenvalue weighted by molar-refractivity contribution is -0.349. The molecule has 5 heterocycles. The first-order valence-electron chi connectivity index (χ1n) is 14.3. The topological polar surface area (TPSA) is 120 Å². The minimum Gasteiger partial charge on any atom is -0.383 e. The molecule has 4 aromatic rings. The van der Waals surface area contributed by atoms with E-state index in [1.54, 1.807) is 11.9 Å². The van der Waals surface area contributed by atoms with Crippen molar-refractivity contribution >= 4 is 29.6 Å². The minimum absolute atomic E-state index is 0.104. The van der Waals surface area contributed by atoms with Crippen molar-refractivity contribution in [1.29, 1.82) is 5.26 Å². The second-order valence-corrected chi connectivity index (χ2v) is 12.7. The normalized spacial score (nSPS) is 26.7. The fourth-order valence-electron chi connectivity index (χ4n) is 7.61. The van der Waals surface area contributed by atoms with Crippen LogP contribution in [0.1, 0.15) is 58.8 Å². The van der Waals surface area contributed by atoms with Crippen LogP contribution >= 0.6 is 11.9 Å². The van der Waals surface area contributed by atoms with Crippen molar-refractivity contribution in [3.05, 3.63) is 88.9 Å². The Hall–Kier alpha value is -4.24. The molecule has 43 heavy (non-hydrogen) atoms. The molecular formula is C32H27FN6O3S. The van der Waals surface area contributed by atoms with Crippen LogP contribution in [0.5, 0.6) is 0 Å². The standard InChI is InChI=1S/C32H27FN6O3S/c1-18-28(30(40)36-20-13-21(17-34)35-27(33)14-20)38-12-6-5-9-22(38)29(18)43-39-25-10-11-31(25)26(39)16-32(31,41)24-15-23(42-37-24)19-7-3-2-4-8-19/h2-5,7-9,13-15,25-26,41H,6,10-12,16H2,1H3,(H,35,36,40). The third kappa shape index (κ3) is 3.60. The molecule has 11 heteroatoms. The quantitative estimate of drug-likeness (QED) is 0.217. The first-order chi connectivity index (χ1) is 20.8. The number of halogens is 1. The second-order valence-electron chi connectivity index (χ2n) is 11.7. The Labute approximate surface area is 251 Å². The molecule has 2 N–H and O–H groups in total. The number of amides is 1. The number of carbonyl (C=O) groups excluding carboxylic acids is 1. The number of carbonyl (C=O) groups is 1. The van der Waals surface area contributed by atoms with E-state index >= 15 is 0 Å². The van der Waals surface area contributed by atoms with Gasteiger partial charge in [0.05, 0.1) is 10.6 Å². The molecule has 3 fully saturated rings. The number of aliphatic hydroxyl groups is 1. The monoisotopic (exact) mass is 594 g/mol. The molecule has 0 bridgehead atoms. The van der Waals surface area contributed by atoms with E-state index in [0.717, 1.165) is 47.0 Å². The number of hydrogen-bond acceptors (Lipinski definition) is 8. The summed E-state index contributed by atoms with van der Waals surface area (Å²) < 4.78 is 24.0. The van der Waals surface area contributed by atoms with Crippen LogP contribution < -0.4 is 5.32 Å². The molecule has 9 nitrogen and oxygen atoms in total. The maximum atomic E-state index is 13.9. The van der Waals surface area contributed by atoms with Crippen LogP contribution in [0.2, 0.25) is 0 Å². The highest BCUT2D eigenvalue weighted by Gasteiger charge is 2.83. The van der Waals surface area contributed by atoms with E-state index < -0.39 is 11.5 Å². The number of anilines is 1. The molecule has 2 aliphatic heterocycles. The average Bonchev–Trinajstić information content (AvgIpc) is 3.58. The van der Waals surface area contributed by atoms with Gasteiger partial charge in [-0.05, 0) is 62.3 Å². The van der Waals surface area contributed by atoms with Crippen LogP contribution in [0.25, 0.3) is 17.4 Å². The largest absolute Gasteiger partial charge is 0.383 e. The molecule has 1 spiro atoms. The Morgan fingerprint density at radius 2 is 2.09 bits per heavy atom. The molecule has 8 rings (SSSR count). The predicted molar refractivity (Wildman–Crippen MR) is 157 cm³/mol. The van der Waals surface area contributed by atoms with Gasteiger partial charge in [0.2, 0.25) is 5.95 Å². The van der Waals surface area contributed by atoms with Crippen LogP contribution in [0, 0.1) is 29.6 Å². The van der Waals surface area contributed by atoms with Gasteiger partial charge >= 0.3 is 0 Å². The van der Waals surface area contributed by atoms with Gasteiger partial charge in [-0.3, -0.25) is 4.79 Å². The number of hydrogen-bond donors (Lipinski definition) is 2. The molecule has 1 saturated heterocycles. The van der Waals surface area contributed by atoms with Crippen LogP contribution in [-0.2, 0) is 12.1 Å². The molecule has 4 atom stereocenters. The molecule has 216 valence electrons. The van der Waals surface area contributed by atoms with Crippen LogP contribution in [0.4, 0.5) is 10.1 Å². The molecule has 4 aliphatic rings. The number of benzene rings is 1. The number of nitrogens with one attached hydrogen (secondary N) is 1. The third-order valence-electron chi connectivity index (χ3n) is 9.75. The first kappa shape index (κ1) is 26.4. The number of allylic oxidation sites excluding steroid dienone is 1. The van der Waals surface area contributed by atoms with Gasteiger partial charge in [0.25, 0.3) is 5.91 Å². The fourth-order valence-corrected chi connectivity index (χ4v) is 9.14. The van der Waals surface area contributed by atoms with Crippen LogP contribution in [0.15, 0.2) is 64.0 Å². The first-order valence-corrected chi connectivity index (χ1v) is 15.1. The summed E-state index contributed by atoms with van der Waals surface area (Å²) in [6.45, 7) is 2.59. The Morgan fingerprint density at radius 1 is 1.26 bits per heavy atom.